The largest absolute Gasteiger partial charge is 0.376 e. The minimum Gasteiger partial charge on any atom is -0.376 e. The maximum Gasteiger partial charge on any atom is 0.228 e. The normalized spacial score (nSPS) is 16.4. The third kappa shape index (κ3) is 4.75. The van der Waals surface area contributed by atoms with Crippen molar-refractivity contribution in [3.05, 3.63) is 78.5 Å². The molecule has 0 unspecified atom stereocenters. The molecule has 35 heavy (non-hydrogen) atoms. The van der Waals surface area contributed by atoms with Crippen molar-refractivity contribution in [2.75, 3.05) is 5.32 Å². The quantitative estimate of drug-likeness (QED) is 0.324. The highest BCUT2D eigenvalue weighted by Gasteiger charge is 2.39. The Bertz CT molecular complexity index is 1310. The third-order valence-electron chi connectivity index (χ3n) is 7.64. The number of aryl methyl sites for hydroxylation is 1. The van der Waals surface area contributed by atoms with E-state index in [1.165, 1.54) is 23.1 Å². The van der Waals surface area contributed by atoms with Gasteiger partial charge in [0.25, 0.3) is 0 Å². The summed E-state index contributed by atoms with van der Waals surface area (Å²) in [6, 6.07) is 14.9. The van der Waals surface area contributed by atoms with Gasteiger partial charge in [-0.15, -0.1) is 0 Å². The lowest BCUT2D eigenvalue weighted by Crippen LogP contribution is -2.51. The molecule has 1 heterocycles. The first kappa shape index (κ1) is 23.3. The Morgan fingerprint density at radius 3 is 2.57 bits per heavy atom. The van der Waals surface area contributed by atoms with Crippen LogP contribution in [0.25, 0.3) is 27.6 Å². The number of benzene rings is 2. The van der Waals surface area contributed by atoms with Crippen molar-refractivity contribution in [1.29, 1.82) is 0 Å². The van der Waals surface area contributed by atoms with E-state index in [0.717, 1.165) is 66.1 Å². The molecule has 0 radical (unpaired) electrons. The van der Waals surface area contributed by atoms with E-state index in [2.05, 4.69) is 79.0 Å². The number of nitrogens with one attached hydrogen (secondary N) is 2. The summed E-state index contributed by atoms with van der Waals surface area (Å²) in [7, 11) is 0. The van der Waals surface area contributed by atoms with Crippen molar-refractivity contribution < 1.29 is 4.79 Å². The van der Waals surface area contributed by atoms with Crippen molar-refractivity contribution in [2.24, 2.45) is 5.92 Å². The number of aromatic nitrogens is 1. The molecule has 1 aromatic heterocycles. The molecule has 4 heteroatoms. The Morgan fingerprint density at radius 1 is 1.09 bits per heavy atom. The van der Waals surface area contributed by atoms with Crippen LogP contribution in [0.2, 0.25) is 0 Å². The molecule has 2 aliphatic carbocycles. The summed E-state index contributed by atoms with van der Waals surface area (Å²) in [6.07, 6.45) is 9.48. The Balaban J connectivity index is 1.38. The minimum atomic E-state index is -0.000601. The number of hydrogen-bond acceptors (Lipinski definition) is 3. The Kier molecular flexibility index (Phi) is 6.22. The van der Waals surface area contributed by atoms with Crippen LogP contribution in [0.5, 0.6) is 0 Å². The lowest BCUT2D eigenvalue weighted by molar-refractivity contribution is -0.117. The zero-order chi connectivity index (χ0) is 24.6. The minimum absolute atomic E-state index is 0.000601. The second kappa shape index (κ2) is 9.33. The molecule has 2 saturated carbocycles. The number of carbonyl (C=O) groups is 1. The summed E-state index contributed by atoms with van der Waals surface area (Å²) in [5.41, 5.74) is 6.92. The number of nitrogens with zero attached hydrogens (tertiary/aromatic N) is 1. The highest BCUT2D eigenvalue weighted by atomic mass is 16.2. The highest BCUT2D eigenvalue weighted by Crippen LogP contribution is 2.41. The lowest BCUT2D eigenvalue weighted by Gasteiger charge is -2.46. The number of amides is 1. The van der Waals surface area contributed by atoms with Gasteiger partial charge in [0.1, 0.15) is 5.82 Å². The average molecular weight is 466 g/mol. The summed E-state index contributed by atoms with van der Waals surface area (Å²) in [6.45, 7) is 13.2. The van der Waals surface area contributed by atoms with E-state index in [0.29, 0.717) is 5.82 Å². The van der Waals surface area contributed by atoms with Gasteiger partial charge >= 0.3 is 0 Å². The zero-order valence-electron chi connectivity index (χ0n) is 20.9. The van der Waals surface area contributed by atoms with Crippen molar-refractivity contribution in [3.63, 3.8) is 0 Å². The number of pyridine rings is 1. The van der Waals surface area contributed by atoms with Crippen LogP contribution in [0.4, 0.5) is 5.82 Å². The molecule has 5 rings (SSSR count). The molecular formula is C31H35N3O. The van der Waals surface area contributed by atoms with Crippen LogP contribution in [0.1, 0.15) is 63.0 Å². The molecule has 2 fully saturated rings. The zero-order valence-corrected chi connectivity index (χ0v) is 20.9. The fraction of sp³-hybridized carbons (Fsp3) is 0.355. The van der Waals surface area contributed by atoms with Gasteiger partial charge in [0, 0.05) is 23.2 Å². The maximum absolute atomic E-state index is 12.1. The molecule has 2 aromatic carbocycles. The Morgan fingerprint density at radius 2 is 1.89 bits per heavy atom. The van der Waals surface area contributed by atoms with E-state index >= 15 is 0 Å². The van der Waals surface area contributed by atoms with Gasteiger partial charge in [-0.2, -0.15) is 0 Å². The fourth-order valence-corrected chi connectivity index (χ4v) is 5.07. The van der Waals surface area contributed by atoms with Gasteiger partial charge in [-0.25, -0.2) is 4.98 Å². The van der Waals surface area contributed by atoms with E-state index < -0.39 is 0 Å². The molecule has 1 amide bonds. The van der Waals surface area contributed by atoms with Gasteiger partial charge in [0.05, 0.1) is 5.54 Å². The molecule has 2 aliphatic rings. The first-order valence-electron chi connectivity index (χ1n) is 12.9. The monoisotopic (exact) mass is 465 g/mol. The van der Waals surface area contributed by atoms with Crippen LogP contribution < -0.4 is 10.6 Å². The van der Waals surface area contributed by atoms with Gasteiger partial charge in [-0.1, -0.05) is 56.3 Å². The van der Waals surface area contributed by atoms with Crippen LogP contribution in [0.3, 0.4) is 0 Å². The van der Waals surface area contributed by atoms with E-state index in [1.54, 1.807) is 0 Å². The maximum atomic E-state index is 12.1. The first-order valence-corrected chi connectivity index (χ1v) is 12.9. The van der Waals surface area contributed by atoms with Gasteiger partial charge in [-0.3, -0.25) is 4.79 Å². The van der Waals surface area contributed by atoms with E-state index in [9.17, 15) is 4.79 Å². The smallest absolute Gasteiger partial charge is 0.228 e. The predicted molar refractivity (Wildman–Crippen MR) is 146 cm³/mol. The molecule has 0 spiro atoms. The van der Waals surface area contributed by atoms with Gasteiger partial charge in [0.2, 0.25) is 5.91 Å². The number of hydrogen-bond donors (Lipinski definition) is 2. The number of carbonyl (C=O) groups excluding carboxylic acids is 1. The van der Waals surface area contributed by atoms with Crippen LogP contribution in [-0.4, -0.2) is 16.4 Å². The summed E-state index contributed by atoms with van der Waals surface area (Å²) in [5.74, 6) is 0.868. The Labute approximate surface area is 208 Å². The van der Waals surface area contributed by atoms with E-state index in [4.69, 9.17) is 0 Å². The second-order valence-corrected chi connectivity index (χ2v) is 10.3. The summed E-state index contributed by atoms with van der Waals surface area (Å²) < 4.78 is 0. The number of rotatable bonds is 9. The molecule has 0 aliphatic heterocycles. The SMILES string of the molecule is C=C(NC1(C(=C)CCC)CCC1)c1ccc(C)c(-c2ccc3cc(NC(=O)C4CC4)ncc3c2)c1. The first-order chi connectivity index (χ1) is 16.9. The van der Waals surface area contributed by atoms with Crippen molar-refractivity contribution in [3.8, 4) is 11.1 Å². The van der Waals surface area contributed by atoms with Crippen molar-refractivity contribution in [2.45, 2.75) is 64.3 Å². The summed E-state index contributed by atoms with van der Waals surface area (Å²) >= 11 is 0. The van der Waals surface area contributed by atoms with Crippen LogP contribution in [0.15, 0.2) is 67.4 Å². The molecule has 0 bridgehead atoms. The fourth-order valence-electron chi connectivity index (χ4n) is 5.07. The van der Waals surface area contributed by atoms with Crippen molar-refractivity contribution in [1.82, 2.24) is 10.3 Å². The molecule has 0 atom stereocenters. The van der Waals surface area contributed by atoms with E-state index in [1.807, 2.05) is 12.3 Å². The molecule has 2 N–H and O–H groups in total. The van der Waals surface area contributed by atoms with E-state index in [-0.39, 0.29) is 17.4 Å². The molecule has 0 saturated heterocycles. The highest BCUT2D eigenvalue weighted by molar-refractivity contribution is 5.96. The van der Waals surface area contributed by atoms with Crippen LogP contribution in [-0.2, 0) is 4.79 Å². The lowest BCUT2D eigenvalue weighted by atomic mass is 9.70. The molecule has 180 valence electrons. The molecule has 4 nitrogen and oxygen atoms in total. The number of anilines is 1. The molecular weight excluding hydrogens is 430 g/mol. The predicted octanol–water partition coefficient (Wildman–Crippen LogP) is 7.40. The van der Waals surface area contributed by atoms with Crippen molar-refractivity contribution >= 4 is 28.2 Å². The van der Waals surface area contributed by atoms with Gasteiger partial charge < -0.3 is 10.6 Å². The van der Waals surface area contributed by atoms with Crippen LogP contribution >= 0.6 is 0 Å². The Hall–Kier alpha value is -3.40. The van der Waals surface area contributed by atoms with Crippen LogP contribution in [0, 0.1) is 12.8 Å². The standard InChI is InChI=1S/C31H35N3O/c1-5-7-21(3)31(14-6-15-31)34-22(4)24-9-8-20(2)28(17-24)26-13-12-25-18-29(32-19-27(25)16-26)33-30(35)23-10-11-23/h8-9,12-13,16-19,23,34H,3-7,10-11,14-15H2,1-2H3,(H,32,33,35). The average Bonchev–Trinajstić information content (AvgIpc) is 3.67. The van der Waals surface area contributed by atoms with Gasteiger partial charge in [0.15, 0.2) is 0 Å². The van der Waals surface area contributed by atoms with Gasteiger partial charge in [-0.05, 0) is 91.3 Å². The number of fused-ring (bicyclic) bond motifs is 1. The second-order valence-electron chi connectivity index (χ2n) is 10.3. The summed E-state index contributed by atoms with van der Waals surface area (Å²) in [5, 5.41) is 8.82. The topological polar surface area (TPSA) is 54.0 Å². The molecule has 3 aromatic rings. The summed E-state index contributed by atoms with van der Waals surface area (Å²) in [4.78, 5) is 16.6. The third-order valence-corrected chi connectivity index (χ3v) is 7.64.